The normalized spacial score (nSPS) is 25.9. The van der Waals surface area contributed by atoms with Crippen LogP contribution in [0.25, 0.3) is 0 Å². The Kier molecular flexibility index (Phi) is 3.84. The largest absolute Gasteiger partial charge is 0.472 e. The van der Waals surface area contributed by atoms with Crippen molar-refractivity contribution in [2.45, 2.75) is 38.5 Å². The lowest BCUT2D eigenvalue weighted by atomic mass is 9.90. The molecule has 1 aromatic heterocycles. The molecule has 0 aliphatic heterocycles. The average molecular weight is 207 g/mol. The molecule has 84 valence electrons. The molecule has 0 radical (unpaired) electrons. The van der Waals surface area contributed by atoms with Crippen LogP contribution < -0.4 is 5.32 Å². The third kappa shape index (κ3) is 2.63. The Morgan fingerprint density at radius 1 is 1.47 bits per heavy atom. The molecule has 2 atom stereocenters. The molecule has 15 heavy (non-hydrogen) atoms. The molecule has 2 heteroatoms. The van der Waals surface area contributed by atoms with E-state index in [1.807, 2.05) is 6.26 Å². The second-order valence-corrected chi connectivity index (χ2v) is 4.56. The highest BCUT2D eigenvalue weighted by Crippen LogP contribution is 2.39. The van der Waals surface area contributed by atoms with Crippen molar-refractivity contribution in [3.8, 4) is 0 Å². The van der Waals surface area contributed by atoms with Gasteiger partial charge in [0.1, 0.15) is 0 Å². The monoisotopic (exact) mass is 207 g/mol. The van der Waals surface area contributed by atoms with Crippen LogP contribution in [0.2, 0.25) is 0 Å². The van der Waals surface area contributed by atoms with E-state index in [-0.39, 0.29) is 0 Å². The van der Waals surface area contributed by atoms with Gasteiger partial charge in [-0.1, -0.05) is 13.3 Å². The van der Waals surface area contributed by atoms with E-state index >= 15 is 0 Å². The smallest absolute Gasteiger partial charge is 0.0937 e. The lowest BCUT2D eigenvalue weighted by Crippen LogP contribution is -2.25. The van der Waals surface area contributed by atoms with Crippen LogP contribution in [0, 0.1) is 5.92 Å². The van der Waals surface area contributed by atoms with Gasteiger partial charge in [0.15, 0.2) is 0 Å². The molecule has 2 rings (SSSR count). The van der Waals surface area contributed by atoms with Crippen LogP contribution in [-0.4, -0.2) is 13.1 Å². The maximum Gasteiger partial charge on any atom is 0.0937 e. The van der Waals surface area contributed by atoms with Gasteiger partial charge in [-0.05, 0) is 55.8 Å². The van der Waals surface area contributed by atoms with Crippen molar-refractivity contribution in [3.63, 3.8) is 0 Å². The maximum atomic E-state index is 5.18. The lowest BCUT2D eigenvalue weighted by molar-refractivity contribution is 0.441. The summed E-state index contributed by atoms with van der Waals surface area (Å²) >= 11 is 0. The second-order valence-electron chi connectivity index (χ2n) is 4.56. The molecule has 1 fully saturated rings. The minimum absolute atomic E-state index is 0.730. The van der Waals surface area contributed by atoms with E-state index in [9.17, 15) is 0 Å². The third-order valence-corrected chi connectivity index (χ3v) is 3.46. The molecule has 0 amide bonds. The van der Waals surface area contributed by atoms with Crippen LogP contribution in [0.1, 0.15) is 44.1 Å². The van der Waals surface area contributed by atoms with E-state index in [0.29, 0.717) is 0 Å². The van der Waals surface area contributed by atoms with Crippen molar-refractivity contribution in [2.75, 3.05) is 13.1 Å². The molecule has 1 aromatic rings. The number of hydrogen-bond acceptors (Lipinski definition) is 2. The van der Waals surface area contributed by atoms with Gasteiger partial charge < -0.3 is 9.73 Å². The van der Waals surface area contributed by atoms with Gasteiger partial charge >= 0.3 is 0 Å². The van der Waals surface area contributed by atoms with Gasteiger partial charge in [-0.2, -0.15) is 0 Å². The Morgan fingerprint density at radius 3 is 3.13 bits per heavy atom. The van der Waals surface area contributed by atoms with E-state index in [1.165, 1.54) is 37.8 Å². The number of furan rings is 1. The Bertz CT molecular complexity index is 268. The van der Waals surface area contributed by atoms with Gasteiger partial charge in [-0.15, -0.1) is 0 Å². The summed E-state index contributed by atoms with van der Waals surface area (Å²) < 4.78 is 5.18. The molecular weight excluding hydrogens is 186 g/mol. The fraction of sp³-hybridized carbons (Fsp3) is 0.692. The first-order chi connectivity index (χ1) is 7.42. The van der Waals surface area contributed by atoms with Crippen LogP contribution in [-0.2, 0) is 0 Å². The number of rotatable bonds is 5. The fourth-order valence-corrected chi connectivity index (χ4v) is 2.67. The molecular formula is C13H21NO. The summed E-state index contributed by atoms with van der Waals surface area (Å²) in [5.41, 5.74) is 1.40. The Hall–Kier alpha value is -0.760. The van der Waals surface area contributed by atoms with E-state index in [0.717, 1.165) is 18.4 Å². The second kappa shape index (κ2) is 5.36. The van der Waals surface area contributed by atoms with Crippen LogP contribution in [0.4, 0.5) is 0 Å². The summed E-state index contributed by atoms with van der Waals surface area (Å²) in [6.45, 7) is 4.54. The molecule has 1 aliphatic rings. The van der Waals surface area contributed by atoms with Gasteiger partial charge in [-0.3, -0.25) is 0 Å². The standard InChI is InChI=1S/C13H21NO/c1-2-7-14-9-11-4-3-5-13(11)12-6-8-15-10-12/h6,8,10-11,13-14H,2-5,7,9H2,1H3. The summed E-state index contributed by atoms with van der Waals surface area (Å²) in [5.74, 6) is 1.54. The summed E-state index contributed by atoms with van der Waals surface area (Å²) in [6, 6.07) is 2.13. The van der Waals surface area contributed by atoms with E-state index in [1.54, 1.807) is 6.26 Å². The number of nitrogens with one attached hydrogen (secondary N) is 1. The van der Waals surface area contributed by atoms with Crippen molar-refractivity contribution in [3.05, 3.63) is 24.2 Å². The van der Waals surface area contributed by atoms with Crippen LogP contribution in [0.5, 0.6) is 0 Å². The Balaban J connectivity index is 1.88. The van der Waals surface area contributed by atoms with Gasteiger partial charge in [0, 0.05) is 0 Å². The maximum absolute atomic E-state index is 5.18. The van der Waals surface area contributed by atoms with Gasteiger partial charge in [0.2, 0.25) is 0 Å². The highest BCUT2D eigenvalue weighted by Gasteiger charge is 2.28. The summed E-state index contributed by atoms with van der Waals surface area (Å²) in [6.07, 6.45) is 9.01. The molecule has 1 saturated carbocycles. The zero-order chi connectivity index (χ0) is 10.5. The van der Waals surface area contributed by atoms with Gasteiger partial charge in [0.25, 0.3) is 0 Å². The molecule has 0 bridgehead atoms. The SMILES string of the molecule is CCCNCC1CCCC1c1ccoc1. The summed E-state index contributed by atoms with van der Waals surface area (Å²) in [5, 5.41) is 3.54. The summed E-state index contributed by atoms with van der Waals surface area (Å²) in [4.78, 5) is 0. The Labute approximate surface area is 92.1 Å². The third-order valence-electron chi connectivity index (χ3n) is 3.46. The quantitative estimate of drug-likeness (QED) is 0.750. The topological polar surface area (TPSA) is 25.2 Å². The highest BCUT2D eigenvalue weighted by molar-refractivity contribution is 5.15. The molecule has 1 aliphatic carbocycles. The predicted octanol–water partition coefficient (Wildman–Crippen LogP) is 3.16. The minimum atomic E-state index is 0.730. The van der Waals surface area contributed by atoms with Crippen molar-refractivity contribution in [1.82, 2.24) is 5.32 Å². The fourth-order valence-electron chi connectivity index (χ4n) is 2.67. The predicted molar refractivity (Wildman–Crippen MR) is 62.0 cm³/mol. The molecule has 0 spiro atoms. The first-order valence-corrected chi connectivity index (χ1v) is 6.14. The van der Waals surface area contributed by atoms with Crippen molar-refractivity contribution >= 4 is 0 Å². The molecule has 1 heterocycles. The van der Waals surface area contributed by atoms with Crippen LogP contribution >= 0.6 is 0 Å². The first kappa shape index (κ1) is 10.7. The Morgan fingerprint density at radius 2 is 2.40 bits per heavy atom. The molecule has 1 N–H and O–H groups in total. The zero-order valence-corrected chi connectivity index (χ0v) is 9.54. The van der Waals surface area contributed by atoms with E-state index in [2.05, 4.69) is 18.3 Å². The van der Waals surface area contributed by atoms with E-state index in [4.69, 9.17) is 4.42 Å². The minimum Gasteiger partial charge on any atom is -0.472 e. The van der Waals surface area contributed by atoms with E-state index < -0.39 is 0 Å². The summed E-state index contributed by atoms with van der Waals surface area (Å²) in [7, 11) is 0. The lowest BCUT2D eigenvalue weighted by Gasteiger charge is -2.18. The van der Waals surface area contributed by atoms with Crippen LogP contribution in [0.15, 0.2) is 23.0 Å². The molecule has 2 unspecified atom stereocenters. The van der Waals surface area contributed by atoms with Gasteiger partial charge in [-0.25, -0.2) is 0 Å². The molecule has 0 aromatic carbocycles. The van der Waals surface area contributed by atoms with Gasteiger partial charge in [0.05, 0.1) is 12.5 Å². The first-order valence-electron chi connectivity index (χ1n) is 6.14. The van der Waals surface area contributed by atoms with Crippen LogP contribution in [0.3, 0.4) is 0 Å². The van der Waals surface area contributed by atoms with Crippen molar-refractivity contribution in [2.24, 2.45) is 5.92 Å². The average Bonchev–Trinajstić information content (AvgIpc) is 2.87. The van der Waals surface area contributed by atoms with Crippen molar-refractivity contribution < 1.29 is 4.42 Å². The zero-order valence-electron chi connectivity index (χ0n) is 9.54. The van der Waals surface area contributed by atoms with Crippen molar-refractivity contribution in [1.29, 1.82) is 0 Å². The molecule has 0 saturated heterocycles. The number of hydrogen-bond donors (Lipinski definition) is 1. The highest BCUT2D eigenvalue weighted by atomic mass is 16.3. The molecule has 2 nitrogen and oxygen atoms in total.